The van der Waals surface area contributed by atoms with Crippen molar-refractivity contribution in [1.82, 2.24) is 14.7 Å². The SMILES string of the molecule is O=c1ccc2cc(S(=O)(=O)NCc3cnc[nH]3)ccc2o1. The second-order valence-electron chi connectivity index (χ2n) is 4.36. The standard InChI is InChI=1S/C13H11N3O4S/c17-13-4-1-9-5-11(2-3-12(9)20-13)21(18,19)16-7-10-6-14-8-15-10/h1-6,8,16H,7H2,(H,14,15). The summed E-state index contributed by atoms with van der Waals surface area (Å²) in [5.41, 5.74) is 0.524. The molecule has 108 valence electrons. The maximum absolute atomic E-state index is 12.2. The van der Waals surface area contributed by atoms with E-state index in [1.807, 2.05) is 0 Å². The molecule has 0 saturated carbocycles. The molecule has 0 amide bonds. The molecule has 0 unspecified atom stereocenters. The molecule has 3 aromatic rings. The fourth-order valence-electron chi connectivity index (χ4n) is 1.85. The Hall–Kier alpha value is -2.45. The Labute approximate surface area is 119 Å². The van der Waals surface area contributed by atoms with Gasteiger partial charge in [-0.15, -0.1) is 0 Å². The number of rotatable bonds is 4. The van der Waals surface area contributed by atoms with Crippen LogP contribution in [0.4, 0.5) is 0 Å². The second kappa shape index (κ2) is 5.15. The van der Waals surface area contributed by atoms with Gasteiger partial charge in [-0.3, -0.25) is 0 Å². The van der Waals surface area contributed by atoms with Crippen LogP contribution >= 0.6 is 0 Å². The van der Waals surface area contributed by atoms with Gasteiger partial charge >= 0.3 is 5.63 Å². The van der Waals surface area contributed by atoms with E-state index in [-0.39, 0.29) is 11.4 Å². The number of imidazole rings is 1. The van der Waals surface area contributed by atoms with Gasteiger partial charge in [-0.2, -0.15) is 0 Å². The van der Waals surface area contributed by atoms with Gasteiger partial charge in [0.2, 0.25) is 10.0 Å². The van der Waals surface area contributed by atoms with Crippen molar-refractivity contribution >= 4 is 21.0 Å². The number of H-pyrrole nitrogens is 1. The molecule has 0 aliphatic rings. The Morgan fingerprint density at radius 2 is 2.10 bits per heavy atom. The number of hydrogen-bond donors (Lipinski definition) is 2. The van der Waals surface area contributed by atoms with Crippen molar-refractivity contribution in [1.29, 1.82) is 0 Å². The molecule has 2 aromatic heterocycles. The molecule has 21 heavy (non-hydrogen) atoms. The zero-order valence-electron chi connectivity index (χ0n) is 10.7. The van der Waals surface area contributed by atoms with Crippen LogP contribution in [0, 0.1) is 0 Å². The van der Waals surface area contributed by atoms with Gasteiger partial charge in [0, 0.05) is 23.3 Å². The molecule has 8 heteroatoms. The number of sulfonamides is 1. The van der Waals surface area contributed by atoms with Crippen LogP contribution in [0.15, 0.2) is 57.0 Å². The largest absolute Gasteiger partial charge is 0.423 e. The first-order valence-corrected chi connectivity index (χ1v) is 7.54. The molecular weight excluding hydrogens is 294 g/mol. The number of nitrogens with one attached hydrogen (secondary N) is 2. The van der Waals surface area contributed by atoms with Crippen LogP contribution in [-0.2, 0) is 16.6 Å². The Balaban J connectivity index is 1.91. The summed E-state index contributed by atoms with van der Waals surface area (Å²) in [6.07, 6.45) is 3.01. The van der Waals surface area contributed by atoms with E-state index in [4.69, 9.17) is 4.42 Å². The maximum atomic E-state index is 12.2. The number of aromatic amines is 1. The van der Waals surface area contributed by atoms with Crippen molar-refractivity contribution in [3.05, 3.63) is 59.0 Å². The van der Waals surface area contributed by atoms with Gasteiger partial charge < -0.3 is 9.40 Å². The van der Waals surface area contributed by atoms with Crippen LogP contribution in [0.1, 0.15) is 5.69 Å². The van der Waals surface area contributed by atoms with Crippen molar-refractivity contribution in [2.45, 2.75) is 11.4 Å². The van der Waals surface area contributed by atoms with Gasteiger partial charge in [0.25, 0.3) is 0 Å². The average molecular weight is 305 g/mol. The normalized spacial score (nSPS) is 11.8. The molecule has 0 saturated heterocycles. The summed E-state index contributed by atoms with van der Waals surface area (Å²) < 4.78 is 31.8. The second-order valence-corrected chi connectivity index (χ2v) is 6.12. The summed E-state index contributed by atoms with van der Waals surface area (Å²) >= 11 is 0. The Bertz CT molecular complexity index is 929. The highest BCUT2D eigenvalue weighted by molar-refractivity contribution is 7.89. The molecule has 0 aliphatic carbocycles. The predicted octanol–water partition coefficient (Wildman–Crippen LogP) is 0.995. The van der Waals surface area contributed by atoms with Gasteiger partial charge in [-0.05, 0) is 24.3 Å². The monoisotopic (exact) mass is 305 g/mol. The molecule has 7 nitrogen and oxygen atoms in total. The fraction of sp³-hybridized carbons (Fsp3) is 0.0769. The molecule has 3 rings (SSSR count). The lowest BCUT2D eigenvalue weighted by Crippen LogP contribution is -2.23. The van der Waals surface area contributed by atoms with E-state index in [0.717, 1.165) is 0 Å². The van der Waals surface area contributed by atoms with Crippen LogP contribution < -0.4 is 10.3 Å². The Kier molecular flexibility index (Phi) is 3.32. The third-order valence-electron chi connectivity index (χ3n) is 2.91. The topological polar surface area (TPSA) is 105 Å². The molecule has 0 aliphatic heterocycles. The minimum atomic E-state index is -3.66. The molecule has 2 heterocycles. The van der Waals surface area contributed by atoms with E-state index in [2.05, 4.69) is 14.7 Å². The van der Waals surface area contributed by atoms with Gasteiger partial charge in [-0.25, -0.2) is 22.9 Å². The first-order valence-electron chi connectivity index (χ1n) is 6.05. The first kappa shape index (κ1) is 13.5. The van der Waals surface area contributed by atoms with Crippen molar-refractivity contribution in [2.75, 3.05) is 0 Å². The third-order valence-corrected chi connectivity index (χ3v) is 4.31. The Morgan fingerprint density at radius 3 is 2.86 bits per heavy atom. The third kappa shape index (κ3) is 2.86. The fourth-order valence-corrected chi connectivity index (χ4v) is 2.90. The van der Waals surface area contributed by atoms with Crippen LogP contribution in [0.3, 0.4) is 0 Å². The molecule has 0 radical (unpaired) electrons. The average Bonchev–Trinajstić information content (AvgIpc) is 2.98. The van der Waals surface area contributed by atoms with Crippen LogP contribution in [0.5, 0.6) is 0 Å². The van der Waals surface area contributed by atoms with Crippen molar-refractivity contribution in [3.63, 3.8) is 0 Å². The lowest BCUT2D eigenvalue weighted by atomic mass is 10.2. The van der Waals surface area contributed by atoms with Crippen molar-refractivity contribution in [2.24, 2.45) is 0 Å². The highest BCUT2D eigenvalue weighted by Gasteiger charge is 2.15. The lowest BCUT2D eigenvalue weighted by Gasteiger charge is -2.06. The van der Waals surface area contributed by atoms with Crippen LogP contribution in [0.25, 0.3) is 11.0 Å². The molecule has 2 N–H and O–H groups in total. The molecule has 0 spiro atoms. The highest BCUT2D eigenvalue weighted by atomic mass is 32.2. The van der Waals surface area contributed by atoms with Gasteiger partial charge in [0.1, 0.15) is 5.58 Å². The van der Waals surface area contributed by atoms with Crippen LogP contribution in [0.2, 0.25) is 0 Å². The summed E-state index contributed by atoms with van der Waals surface area (Å²) in [4.78, 5) is 17.8. The smallest absolute Gasteiger partial charge is 0.336 e. The lowest BCUT2D eigenvalue weighted by molar-refractivity contribution is 0.560. The summed E-state index contributed by atoms with van der Waals surface area (Å²) in [5, 5.41) is 0.541. The van der Waals surface area contributed by atoms with E-state index in [9.17, 15) is 13.2 Å². The first-order chi connectivity index (χ1) is 10.0. The molecule has 0 bridgehead atoms. The van der Waals surface area contributed by atoms with Crippen LogP contribution in [-0.4, -0.2) is 18.4 Å². The molecule has 1 aromatic carbocycles. The summed E-state index contributed by atoms with van der Waals surface area (Å²) in [6, 6.07) is 7.07. The molecule has 0 atom stereocenters. The van der Waals surface area contributed by atoms with E-state index in [1.54, 1.807) is 0 Å². The quantitative estimate of drug-likeness (QED) is 0.699. The Morgan fingerprint density at radius 1 is 1.24 bits per heavy atom. The highest BCUT2D eigenvalue weighted by Crippen LogP contribution is 2.17. The zero-order chi connectivity index (χ0) is 14.9. The van der Waals surface area contributed by atoms with Gasteiger partial charge in [-0.1, -0.05) is 0 Å². The van der Waals surface area contributed by atoms with Crippen molar-refractivity contribution < 1.29 is 12.8 Å². The van der Waals surface area contributed by atoms with Gasteiger partial charge in [0.15, 0.2) is 0 Å². The summed E-state index contributed by atoms with van der Waals surface area (Å²) in [6.45, 7) is 0.115. The van der Waals surface area contributed by atoms with E-state index in [0.29, 0.717) is 16.7 Å². The van der Waals surface area contributed by atoms with E-state index in [1.165, 1.54) is 42.9 Å². The predicted molar refractivity (Wildman–Crippen MR) is 75.1 cm³/mol. The molecule has 0 fully saturated rings. The number of nitrogens with zero attached hydrogens (tertiary/aromatic N) is 1. The number of benzene rings is 1. The number of fused-ring (bicyclic) bond motifs is 1. The number of hydrogen-bond acceptors (Lipinski definition) is 5. The molecular formula is C13H11N3O4S. The maximum Gasteiger partial charge on any atom is 0.336 e. The van der Waals surface area contributed by atoms with E-state index < -0.39 is 15.6 Å². The van der Waals surface area contributed by atoms with Gasteiger partial charge in [0.05, 0.1) is 17.8 Å². The minimum absolute atomic E-state index is 0.100. The summed E-state index contributed by atoms with van der Waals surface area (Å²) in [7, 11) is -3.66. The number of aromatic nitrogens is 2. The van der Waals surface area contributed by atoms with Crippen molar-refractivity contribution in [3.8, 4) is 0 Å². The van der Waals surface area contributed by atoms with E-state index >= 15 is 0 Å². The zero-order valence-corrected chi connectivity index (χ0v) is 11.6. The summed E-state index contributed by atoms with van der Waals surface area (Å²) in [5.74, 6) is 0. The minimum Gasteiger partial charge on any atom is -0.423 e.